The van der Waals surface area contributed by atoms with Gasteiger partial charge in [0.25, 0.3) is 0 Å². The van der Waals surface area contributed by atoms with Gasteiger partial charge in [0.1, 0.15) is 0 Å². The van der Waals surface area contributed by atoms with E-state index in [0.717, 1.165) is 0 Å². The molecule has 0 atom stereocenters. The second-order valence-corrected chi connectivity index (χ2v) is 0. The summed E-state index contributed by atoms with van der Waals surface area (Å²) >= 11 is 0. The molecule has 2 heteroatoms. The van der Waals surface area contributed by atoms with Crippen molar-refractivity contribution in [1.82, 2.24) is 0 Å². The summed E-state index contributed by atoms with van der Waals surface area (Å²) in [6.45, 7) is 0. The molecule has 35 valence electrons. The number of hydrogen-bond donors (Lipinski definition) is 0. The van der Waals surface area contributed by atoms with Gasteiger partial charge in [0.15, 0.2) is 0 Å². The van der Waals surface area contributed by atoms with E-state index in [2.05, 4.69) is 0 Å². The first kappa shape index (κ1) is 65.9. The predicted octanol–water partition coefficient (Wildman–Crippen LogP) is -1.01. The fraction of sp³-hybridized carbons (Fsp3) is 0.250. The zero-order valence-corrected chi connectivity index (χ0v) is 12.3. The average Bonchev–Trinajstić information content (AvgIpc) is 0. The summed E-state index contributed by atoms with van der Waals surface area (Å²) in [6.07, 6.45) is 0. The van der Waals surface area contributed by atoms with E-state index < -0.39 is 0 Å². The third-order valence-electron chi connectivity index (χ3n) is 0. The molecule has 0 fully saturated rings. The minimum absolute atomic E-state index is 0. The Morgan fingerprint density at radius 2 is 0.667 bits per heavy atom. The van der Waals surface area contributed by atoms with Crippen LogP contribution in [0.4, 0.5) is 0 Å². The van der Waals surface area contributed by atoms with Crippen LogP contribution in [-0.4, -0.2) is 0 Å². The maximum atomic E-state index is 0. The van der Waals surface area contributed by atoms with E-state index in [1.807, 2.05) is 0 Å². The molecule has 0 aliphatic rings. The summed E-state index contributed by atoms with van der Waals surface area (Å²) in [4.78, 5) is 0. The first-order chi connectivity index (χ1) is 0. The van der Waals surface area contributed by atoms with Crippen LogP contribution in [0.3, 0.4) is 0 Å². The second-order valence-electron chi connectivity index (χ2n) is 0. The van der Waals surface area contributed by atoms with Gasteiger partial charge in [-0.15, -0.1) is 0 Å². The quantitative estimate of drug-likeness (QED) is 0.472. The van der Waals surface area contributed by atoms with Gasteiger partial charge in [-0.1, -0.05) is 7.43 Å². The summed E-state index contributed by atoms with van der Waals surface area (Å²) in [5.74, 6) is 0. The second kappa shape index (κ2) is 44.6. The fourth-order valence-electron chi connectivity index (χ4n) is 0. The van der Waals surface area contributed by atoms with Gasteiger partial charge in [-0.3, -0.25) is 0 Å². The number of rotatable bonds is 0. The molecule has 0 bridgehead atoms. The Morgan fingerprint density at radius 3 is 0.667 bits per heavy atom. The molecule has 0 aliphatic carbocycles. The zero-order chi connectivity index (χ0) is 0. The van der Waals surface area contributed by atoms with E-state index in [9.17, 15) is 0 Å². The molecule has 0 unspecified atom stereocenters. The molecule has 0 saturated heterocycles. The first-order valence-corrected chi connectivity index (χ1v) is 0. The Hall–Kier alpha value is 2.91. The average molecular weight is 236 g/mol. The van der Waals surface area contributed by atoms with Crippen molar-refractivity contribution in [3.8, 4) is 0 Å². The van der Waals surface area contributed by atoms with Crippen molar-refractivity contribution in [1.29, 1.82) is 0 Å². The van der Waals surface area contributed by atoms with Crippen LogP contribution in [0.2, 0.25) is 0 Å². The molecule has 0 aromatic rings. The summed E-state index contributed by atoms with van der Waals surface area (Å²) in [5.41, 5.74) is 0. The maximum Gasteiger partial charge on any atom is 1.00 e. The Balaban J connectivity index is 0. The normalized spacial score (nSPS) is 0. The van der Waals surface area contributed by atoms with E-state index in [-0.39, 0.29) is 121 Å². The van der Waals surface area contributed by atoms with Crippen LogP contribution in [0.15, 0.2) is 0 Å². The van der Waals surface area contributed by atoms with Crippen LogP contribution in [-0.2, 0) is 32.7 Å². The van der Waals surface area contributed by atoms with Gasteiger partial charge < -0.3 is 22.3 Å². The van der Waals surface area contributed by atoms with Gasteiger partial charge >= 0.3 is 58.2 Å². The largest absolute Gasteiger partial charge is 1.00 e. The fourth-order valence-corrected chi connectivity index (χ4v) is 0. The van der Waals surface area contributed by atoms with Crippen LogP contribution < -0.4 is 58.2 Å². The van der Waals surface area contributed by atoms with Gasteiger partial charge in [-0.05, 0) is 0 Å². The summed E-state index contributed by atoms with van der Waals surface area (Å²) in [5, 5.41) is 0. The third kappa shape index (κ3) is 28.5. The van der Waals surface area contributed by atoms with Crippen LogP contribution in [0, 0.1) is 22.3 Å². The first-order valence-electron chi connectivity index (χ1n) is 0. The minimum Gasteiger partial charge on any atom is -0.358 e. The van der Waals surface area contributed by atoms with Gasteiger partial charge in [0.05, 0.1) is 0 Å². The summed E-state index contributed by atoms with van der Waals surface area (Å²) in [7, 11) is 0. The van der Waals surface area contributed by atoms with Crippen molar-refractivity contribution < 1.29 is 90.9 Å². The Labute approximate surface area is 118 Å². The summed E-state index contributed by atoms with van der Waals surface area (Å²) in [6, 6.07) is 0. The van der Waals surface area contributed by atoms with E-state index in [0.29, 0.717) is 0 Å². The molecule has 0 aromatic carbocycles. The van der Waals surface area contributed by atoms with Crippen molar-refractivity contribution in [2.75, 3.05) is 0 Å². The van der Waals surface area contributed by atoms with Gasteiger partial charge in [-0.25, -0.2) is 0 Å². The number of hydrogen-bond acceptors (Lipinski definition) is 0. The monoisotopic (exact) mass is 235 g/mol. The van der Waals surface area contributed by atoms with Crippen molar-refractivity contribution in [3.63, 3.8) is 0 Å². The molecule has 6 heavy (non-hydrogen) atoms. The molecule has 0 rings (SSSR count). The summed E-state index contributed by atoms with van der Waals surface area (Å²) < 4.78 is 0. The maximum absolute atomic E-state index is 0. The molecule has 0 amide bonds. The Morgan fingerprint density at radius 1 is 0.667 bits per heavy atom. The SMILES string of the molecule is C.[CH3-].[CH3-].[CH3-].[Rb+].[Y]. The molecular formula is C4H13RbY-2. The molecule has 0 saturated carbocycles. The van der Waals surface area contributed by atoms with Gasteiger partial charge in [0.2, 0.25) is 0 Å². The topological polar surface area (TPSA) is 0 Å². The van der Waals surface area contributed by atoms with E-state index >= 15 is 0 Å². The van der Waals surface area contributed by atoms with Crippen molar-refractivity contribution in [2.45, 2.75) is 7.43 Å². The van der Waals surface area contributed by atoms with E-state index in [1.165, 1.54) is 0 Å². The van der Waals surface area contributed by atoms with Crippen molar-refractivity contribution in [3.05, 3.63) is 22.3 Å². The molecule has 0 N–H and O–H groups in total. The third-order valence-corrected chi connectivity index (χ3v) is 0. The van der Waals surface area contributed by atoms with Crippen LogP contribution in [0.25, 0.3) is 0 Å². The smallest absolute Gasteiger partial charge is 0.358 e. The van der Waals surface area contributed by atoms with Gasteiger partial charge in [-0.2, -0.15) is 0 Å². The molecular weight excluding hydrogens is 222 g/mol. The molecule has 0 heterocycles. The molecule has 0 spiro atoms. The van der Waals surface area contributed by atoms with Crippen LogP contribution >= 0.6 is 0 Å². The van der Waals surface area contributed by atoms with Crippen molar-refractivity contribution >= 4 is 0 Å². The van der Waals surface area contributed by atoms with Crippen molar-refractivity contribution in [2.24, 2.45) is 0 Å². The molecule has 1 radical (unpaired) electrons. The van der Waals surface area contributed by atoms with Crippen LogP contribution in [0.5, 0.6) is 0 Å². The molecule has 0 nitrogen and oxygen atoms in total. The molecule has 0 aromatic heterocycles. The van der Waals surface area contributed by atoms with E-state index in [1.54, 1.807) is 0 Å². The predicted molar refractivity (Wildman–Crippen MR) is 26.0 cm³/mol. The Bertz CT molecular complexity index is 7.51. The van der Waals surface area contributed by atoms with E-state index in [4.69, 9.17) is 0 Å². The zero-order valence-electron chi connectivity index (χ0n) is 4.58. The van der Waals surface area contributed by atoms with Crippen LogP contribution in [0.1, 0.15) is 7.43 Å². The minimum atomic E-state index is 0. The molecule has 0 aliphatic heterocycles. The standard InChI is InChI=1S/CH4.3CH3.Rb.Y/h1H4;3*1H3;;/q;3*-1;+1;. The Kier molecular flexibility index (Phi) is 490. The van der Waals surface area contributed by atoms with Gasteiger partial charge in [0, 0.05) is 32.7 Å².